The van der Waals surface area contributed by atoms with Crippen LogP contribution < -0.4 is 9.80 Å². The molecule has 6 heterocycles. The number of halogens is 2. The van der Waals surface area contributed by atoms with Gasteiger partial charge in [-0.1, -0.05) is 33.8 Å². The molecule has 0 aliphatic carbocycles. The standard InChI is InChI=1S/C34H46F2N6O3.C2H6/c1-5-8-25-26(42-20-24(21-42)39-15-17-41(18-16-39)29(43)6-2)19-28(38-31(25)33(35)36)40-13-10-34(11-14-40)30-23(4)9-12-37-32(30)27(45-34)22-44-7-3;1-2/h6,9,12,19,24,27,33H,2,5,7-8,10-11,13-18,20-22H2,1,3-4H3;1-2H3. The minimum absolute atomic E-state index is 0.0256. The van der Waals surface area contributed by atoms with Gasteiger partial charge in [-0.25, -0.2) is 13.8 Å². The van der Waals surface area contributed by atoms with E-state index in [0.29, 0.717) is 63.2 Å². The van der Waals surface area contributed by atoms with Crippen LogP contribution in [0.1, 0.15) is 87.6 Å². The summed E-state index contributed by atoms with van der Waals surface area (Å²) in [6, 6.07) is 4.42. The molecule has 4 aliphatic rings. The van der Waals surface area contributed by atoms with Crippen LogP contribution in [0, 0.1) is 6.92 Å². The molecule has 1 amide bonds. The van der Waals surface area contributed by atoms with Gasteiger partial charge in [0, 0.05) is 94.1 Å². The number of aromatic nitrogens is 2. The summed E-state index contributed by atoms with van der Waals surface area (Å²) in [6.45, 7) is 20.6. The van der Waals surface area contributed by atoms with Gasteiger partial charge in [0.2, 0.25) is 5.91 Å². The predicted octanol–water partition coefficient (Wildman–Crippen LogP) is 5.82. The number of piperazine rings is 1. The molecule has 0 N–H and O–H groups in total. The maximum absolute atomic E-state index is 14.6. The number of anilines is 2. The Balaban J connectivity index is 0.00000213. The molecule has 3 fully saturated rings. The molecular weight excluding hydrogens is 602 g/mol. The van der Waals surface area contributed by atoms with Crippen LogP contribution >= 0.6 is 0 Å². The van der Waals surface area contributed by atoms with E-state index >= 15 is 0 Å². The van der Waals surface area contributed by atoms with Gasteiger partial charge in [0.1, 0.15) is 17.6 Å². The van der Waals surface area contributed by atoms with E-state index in [-0.39, 0.29) is 17.7 Å². The second kappa shape index (κ2) is 15.4. The number of fused-ring (bicyclic) bond motifs is 2. The fourth-order valence-electron chi connectivity index (χ4n) is 7.62. The maximum atomic E-state index is 14.6. The first-order chi connectivity index (χ1) is 22.8. The van der Waals surface area contributed by atoms with E-state index in [1.165, 1.54) is 6.08 Å². The smallest absolute Gasteiger partial charge is 0.280 e. The minimum atomic E-state index is -2.65. The van der Waals surface area contributed by atoms with Gasteiger partial charge in [-0.3, -0.25) is 14.7 Å². The molecule has 0 aromatic carbocycles. The average Bonchev–Trinajstić information content (AvgIpc) is 3.38. The van der Waals surface area contributed by atoms with E-state index in [4.69, 9.17) is 14.5 Å². The van der Waals surface area contributed by atoms with Crippen LogP contribution in [0.5, 0.6) is 0 Å². The summed E-state index contributed by atoms with van der Waals surface area (Å²) in [6.07, 6.45) is 3.13. The number of ether oxygens (including phenoxy) is 2. The normalized spacial score (nSPS) is 21.0. The molecule has 1 unspecified atom stereocenters. The Morgan fingerprint density at radius 3 is 2.45 bits per heavy atom. The summed E-state index contributed by atoms with van der Waals surface area (Å²) in [4.78, 5) is 29.9. The molecule has 4 aliphatic heterocycles. The molecule has 0 saturated carbocycles. The molecule has 1 spiro atoms. The first kappa shape index (κ1) is 35.2. The van der Waals surface area contributed by atoms with Crippen LogP contribution in [0.3, 0.4) is 0 Å². The number of pyridine rings is 2. The summed E-state index contributed by atoms with van der Waals surface area (Å²) in [5, 5.41) is 0. The lowest BCUT2D eigenvalue weighted by molar-refractivity contribution is -0.128. The molecule has 6 rings (SSSR count). The third kappa shape index (κ3) is 7.03. The number of aryl methyl sites for hydroxylation is 1. The number of amides is 1. The first-order valence-corrected chi connectivity index (χ1v) is 17.5. The molecule has 2 aromatic rings. The third-order valence-electron chi connectivity index (χ3n) is 10.0. The van der Waals surface area contributed by atoms with Gasteiger partial charge >= 0.3 is 0 Å². The fraction of sp³-hybridized carbons (Fsp3) is 0.639. The number of rotatable bonds is 10. The Morgan fingerprint density at radius 2 is 1.83 bits per heavy atom. The third-order valence-corrected chi connectivity index (χ3v) is 10.0. The molecule has 1 atom stereocenters. The fourth-order valence-corrected chi connectivity index (χ4v) is 7.62. The molecule has 9 nitrogen and oxygen atoms in total. The van der Waals surface area contributed by atoms with Crippen LogP contribution in [-0.4, -0.2) is 97.3 Å². The Morgan fingerprint density at radius 1 is 1.13 bits per heavy atom. The Hall–Kier alpha value is -3.15. The number of carbonyl (C=O) groups is 1. The molecule has 0 bridgehead atoms. The Kier molecular flexibility index (Phi) is 11.5. The van der Waals surface area contributed by atoms with E-state index in [1.807, 2.05) is 50.9 Å². The van der Waals surface area contributed by atoms with Crippen LogP contribution in [0.4, 0.5) is 20.3 Å². The molecule has 11 heteroatoms. The van der Waals surface area contributed by atoms with E-state index in [1.54, 1.807) is 0 Å². The number of nitrogens with zero attached hydrogens (tertiary/aromatic N) is 6. The lowest BCUT2D eigenvalue weighted by atomic mass is 9.82. The van der Waals surface area contributed by atoms with Crippen molar-refractivity contribution in [2.75, 3.05) is 75.4 Å². The number of alkyl halides is 2. The van der Waals surface area contributed by atoms with Crippen molar-refractivity contribution in [3.63, 3.8) is 0 Å². The Labute approximate surface area is 278 Å². The zero-order valence-electron chi connectivity index (χ0n) is 28.8. The van der Waals surface area contributed by atoms with Gasteiger partial charge in [0.15, 0.2) is 0 Å². The van der Waals surface area contributed by atoms with Crippen molar-refractivity contribution in [2.24, 2.45) is 0 Å². The predicted molar refractivity (Wildman–Crippen MR) is 181 cm³/mol. The highest BCUT2D eigenvalue weighted by atomic mass is 19.3. The largest absolute Gasteiger partial charge is 0.379 e. The van der Waals surface area contributed by atoms with E-state index in [2.05, 4.69) is 33.2 Å². The molecular formula is C36H52F2N6O3. The summed E-state index contributed by atoms with van der Waals surface area (Å²) in [7, 11) is 0. The maximum Gasteiger partial charge on any atom is 0.280 e. The highest BCUT2D eigenvalue weighted by Gasteiger charge is 2.49. The van der Waals surface area contributed by atoms with E-state index in [9.17, 15) is 13.6 Å². The zero-order valence-corrected chi connectivity index (χ0v) is 28.8. The summed E-state index contributed by atoms with van der Waals surface area (Å²) >= 11 is 0. The highest BCUT2D eigenvalue weighted by molar-refractivity contribution is 5.87. The van der Waals surface area contributed by atoms with Gasteiger partial charge < -0.3 is 24.2 Å². The second-order valence-electron chi connectivity index (χ2n) is 12.7. The van der Waals surface area contributed by atoms with Crippen molar-refractivity contribution in [3.8, 4) is 0 Å². The number of hydrogen-bond acceptors (Lipinski definition) is 8. The van der Waals surface area contributed by atoms with Crippen LogP contribution in [-0.2, 0) is 26.3 Å². The molecule has 2 aromatic heterocycles. The SMILES string of the molecule is C=CC(=O)N1CCN(C2CN(c3cc(N4CCC5(CC4)OC(COCC)c4nccc(C)c45)nc(C(F)F)c3CCC)C2)CC1.CC. The highest BCUT2D eigenvalue weighted by Crippen LogP contribution is 2.50. The van der Waals surface area contributed by atoms with Crippen LogP contribution in [0.15, 0.2) is 31.0 Å². The van der Waals surface area contributed by atoms with Crippen molar-refractivity contribution in [1.82, 2.24) is 19.8 Å². The molecule has 258 valence electrons. The number of piperidine rings is 1. The van der Waals surface area contributed by atoms with Crippen molar-refractivity contribution < 1.29 is 23.0 Å². The molecule has 3 saturated heterocycles. The van der Waals surface area contributed by atoms with Crippen LogP contribution in [0.25, 0.3) is 0 Å². The summed E-state index contributed by atoms with van der Waals surface area (Å²) < 4.78 is 41.6. The number of hydrogen-bond donors (Lipinski definition) is 0. The average molecular weight is 655 g/mol. The first-order valence-electron chi connectivity index (χ1n) is 17.5. The van der Waals surface area contributed by atoms with E-state index in [0.717, 1.165) is 67.9 Å². The quantitative estimate of drug-likeness (QED) is 0.297. The van der Waals surface area contributed by atoms with Gasteiger partial charge in [-0.15, -0.1) is 0 Å². The minimum Gasteiger partial charge on any atom is -0.379 e. The van der Waals surface area contributed by atoms with Crippen molar-refractivity contribution >= 4 is 17.4 Å². The van der Waals surface area contributed by atoms with Crippen LogP contribution in [0.2, 0.25) is 0 Å². The Bertz CT molecular complexity index is 1390. The van der Waals surface area contributed by atoms with E-state index < -0.39 is 12.0 Å². The monoisotopic (exact) mass is 654 g/mol. The lowest BCUT2D eigenvalue weighted by Gasteiger charge is -2.49. The van der Waals surface area contributed by atoms with Crippen molar-refractivity contribution in [3.05, 3.63) is 59.1 Å². The van der Waals surface area contributed by atoms with Gasteiger partial charge in [0.25, 0.3) is 6.43 Å². The van der Waals surface area contributed by atoms with Crippen molar-refractivity contribution in [1.29, 1.82) is 0 Å². The molecule has 0 radical (unpaired) electrons. The van der Waals surface area contributed by atoms with Gasteiger partial charge in [-0.2, -0.15) is 0 Å². The van der Waals surface area contributed by atoms with Crippen molar-refractivity contribution in [2.45, 2.75) is 84.5 Å². The molecule has 47 heavy (non-hydrogen) atoms. The number of carbonyl (C=O) groups excluding carboxylic acids is 1. The second-order valence-corrected chi connectivity index (χ2v) is 12.7. The van der Waals surface area contributed by atoms with Gasteiger partial charge in [0.05, 0.1) is 17.9 Å². The topological polar surface area (TPSA) is 74.3 Å². The summed E-state index contributed by atoms with van der Waals surface area (Å²) in [5.74, 6) is 0.587. The summed E-state index contributed by atoms with van der Waals surface area (Å²) in [5.41, 5.74) is 4.28. The zero-order chi connectivity index (χ0) is 33.7. The van der Waals surface area contributed by atoms with Gasteiger partial charge in [-0.05, 0) is 50.8 Å². The lowest BCUT2D eigenvalue weighted by Crippen LogP contribution is -2.63.